The zero-order chi connectivity index (χ0) is 24.8. The molecular weight excluding hydrogens is 428 g/mol. The van der Waals surface area contributed by atoms with E-state index in [-0.39, 0.29) is 12.3 Å². The summed E-state index contributed by atoms with van der Waals surface area (Å²) in [6.07, 6.45) is 15.6. The van der Waals surface area contributed by atoms with Crippen molar-refractivity contribution in [3.05, 3.63) is 58.7 Å². The summed E-state index contributed by atoms with van der Waals surface area (Å²) in [7, 11) is 1.43. The molecule has 1 unspecified atom stereocenters. The van der Waals surface area contributed by atoms with E-state index in [0.29, 0.717) is 18.6 Å². The average molecular weight is 471 g/mol. The van der Waals surface area contributed by atoms with Crippen molar-refractivity contribution >= 4 is 5.97 Å². The van der Waals surface area contributed by atoms with Crippen molar-refractivity contribution in [1.29, 1.82) is 0 Å². The fourth-order valence-electron chi connectivity index (χ4n) is 3.84. The number of phenolic OH excluding ortho intramolecular Hbond substituents is 1. The molecule has 0 bridgehead atoms. The zero-order valence-corrected chi connectivity index (χ0v) is 21.4. The monoisotopic (exact) mass is 470 g/mol. The first-order valence-corrected chi connectivity index (χ1v) is 12.5. The van der Waals surface area contributed by atoms with Gasteiger partial charge in [0.05, 0.1) is 13.7 Å². The van der Waals surface area contributed by atoms with Crippen LogP contribution in [0.15, 0.2) is 53.1 Å². The van der Waals surface area contributed by atoms with Gasteiger partial charge in [-0.2, -0.15) is 0 Å². The van der Waals surface area contributed by atoms with Crippen LogP contribution in [-0.2, 0) is 20.7 Å². The van der Waals surface area contributed by atoms with Crippen LogP contribution in [-0.4, -0.2) is 31.1 Å². The van der Waals surface area contributed by atoms with Crippen molar-refractivity contribution < 1.29 is 24.1 Å². The van der Waals surface area contributed by atoms with Gasteiger partial charge in [0.2, 0.25) is 0 Å². The first kappa shape index (κ1) is 27.7. The molecule has 1 aliphatic heterocycles. The summed E-state index contributed by atoms with van der Waals surface area (Å²) in [6, 6.07) is 5.42. The molecule has 1 fully saturated rings. The van der Waals surface area contributed by atoms with Crippen LogP contribution in [0.4, 0.5) is 0 Å². The van der Waals surface area contributed by atoms with Crippen LogP contribution in [0.5, 0.6) is 11.5 Å². The minimum atomic E-state index is -0.183. The summed E-state index contributed by atoms with van der Waals surface area (Å²) in [5.41, 5.74) is 4.80. The van der Waals surface area contributed by atoms with Crippen molar-refractivity contribution in [2.45, 2.75) is 91.3 Å². The Hall–Kier alpha value is -2.53. The fraction of sp³-hybridized carbons (Fsp3) is 0.552. The van der Waals surface area contributed by atoms with Crippen LogP contribution in [0, 0.1) is 0 Å². The molecule has 1 atom stereocenters. The highest BCUT2D eigenvalue weighted by atomic mass is 16.7. The van der Waals surface area contributed by atoms with Gasteiger partial charge in [0.15, 0.2) is 6.29 Å². The van der Waals surface area contributed by atoms with E-state index in [1.165, 1.54) is 23.8 Å². The molecule has 1 aromatic carbocycles. The largest absolute Gasteiger partial charge is 0.508 e. The van der Waals surface area contributed by atoms with Crippen molar-refractivity contribution in [3.63, 3.8) is 0 Å². The number of rotatable bonds is 13. The van der Waals surface area contributed by atoms with E-state index >= 15 is 0 Å². The number of carbonyl (C=O) groups excluding carboxylic acids is 1. The molecule has 188 valence electrons. The lowest BCUT2D eigenvalue weighted by atomic mass is 10.0. The van der Waals surface area contributed by atoms with E-state index in [2.05, 4.69) is 43.7 Å². The number of ether oxygens (including phenoxy) is 3. The highest BCUT2D eigenvalue weighted by Gasteiger charge is 2.15. The molecule has 1 aromatic rings. The number of allylic oxidation sites excluding steroid dienone is 6. The third kappa shape index (κ3) is 11.1. The third-order valence-corrected chi connectivity index (χ3v) is 6.14. The molecular formula is C29H42O5. The van der Waals surface area contributed by atoms with Crippen molar-refractivity contribution in [2.75, 3.05) is 13.7 Å². The summed E-state index contributed by atoms with van der Waals surface area (Å²) in [5, 5.41) is 10.2. The molecule has 34 heavy (non-hydrogen) atoms. The number of carbonyl (C=O) groups is 1. The number of methoxy groups -OCH3 is 1. The maximum Gasteiger partial charge on any atom is 0.305 e. The number of esters is 1. The van der Waals surface area contributed by atoms with Gasteiger partial charge in [-0.3, -0.25) is 4.79 Å². The van der Waals surface area contributed by atoms with Crippen molar-refractivity contribution in [3.8, 4) is 11.5 Å². The van der Waals surface area contributed by atoms with Gasteiger partial charge in [0.25, 0.3) is 0 Å². The van der Waals surface area contributed by atoms with Crippen LogP contribution >= 0.6 is 0 Å². The Labute approximate surface area is 205 Å². The molecule has 1 aliphatic rings. The van der Waals surface area contributed by atoms with Crippen molar-refractivity contribution in [1.82, 2.24) is 0 Å². The van der Waals surface area contributed by atoms with E-state index in [1.807, 2.05) is 6.07 Å². The SMILES string of the molecule is COC(=O)CC/C(C)=C/CC/C(C)=C/CCC(C)=CCc1cc(OC2CCCCO2)ccc1O. The van der Waals surface area contributed by atoms with Crippen LogP contribution in [0.1, 0.15) is 84.1 Å². The quantitative estimate of drug-likeness (QED) is 0.244. The second-order valence-electron chi connectivity index (χ2n) is 9.21. The molecule has 2 rings (SSSR count). The number of phenols is 1. The molecule has 5 nitrogen and oxygen atoms in total. The number of aromatic hydroxyl groups is 1. The molecule has 1 N–H and O–H groups in total. The Kier molecular flexibility index (Phi) is 12.5. The number of hydrogen-bond acceptors (Lipinski definition) is 5. The Morgan fingerprint density at radius 1 is 1.00 bits per heavy atom. The smallest absolute Gasteiger partial charge is 0.305 e. The second-order valence-corrected chi connectivity index (χ2v) is 9.21. The number of benzene rings is 1. The average Bonchev–Trinajstić information content (AvgIpc) is 2.83. The molecule has 0 amide bonds. The summed E-state index contributed by atoms with van der Waals surface area (Å²) in [6.45, 7) is 7.14. The fourth-order valence-corrected chi connectivity index (χ4v) is 3.84. The standard InChI is InChI=1S/C29H42O5/c1-22(10-8-12-24(3)15-19-28(31)32-4)9-7-11-23(2)14-16-25-21-26(17-18-27(25)30)34-29-13-5-6-20-33-29/h9,12,14,17-18,21,29-30H,5-8,10-11,13,15-16,19-20H2,1-4H3/b22-9+,23-14?,24-12+. The van der Waals surface area contributed by atoms with Gasteiger partial charge >= 0.3 is 5.97 Å². The molecule has 1 saturated heterocycles. The van der Waals surface area contributed by atoms with Crippen LogP contribution in [0.3, 0.4) is 0 Å². The molecule has 0 aliphatic carbocycles. The third-order valence-electron chi connectivity index (χ3n) is 6.14. The minimum absolute atomic E-state index is 0.155. The van der Waals surface area contributed by atoms with Crippen LogP contribution < -0.4 is 4.74 Å². The molecule has 0 aromatic heterocycles. The Morgan fingerprint density at radius 3 is 2.32 bits per heavy atom. The highest BCUT2D eigenvalue weighted by Crippen LogP contribution is 2.27. The van der Waals surface area contributed by atoms with E-state index in [1.54, 1.807) is 12.1 Å². The van der Waals surface area contributed by atoms with Gasteiger partial charge in [0, 0.05) is 18.4 Å². The molecule has 0 saturated carbocycles. The van der Waals surface area contributed by atoms with Gasteiger partial charge in [-0.05, 0) is 90.3 Å². The topological polar surface area (TPSA) is 65.0 Å². The highest BCUT2D eigenvalue weighted by molar-refractivity contribution is 5.69. The van der Waals surface area contributed by atoms with Crippen molar-refractivity contribution in [2.24, 2.45) is 0 Å². The lowest BCUT2D eigenvalue weighted by molar-refractivity contribution is -0.140. The predicted molar refractivity (Wildman–Crippen MR) is 137 cm³/mol. The summed E-state index contributed by atoms with van der Waals surface area (Å²) < 4.78 is 16.3. The second kappa shape index (κ2) is 15.4. The van der Waals surface area contributed by atoms with E-state index in [0.717, 1.165) is 69.3 Å². The van der Waals surface area contributed by atoms with E-state index in [9.17, 15) is 9.90 Å². The molecule has 0 radical (unpaired) electrons. The zero-order valence-electron chi connectivity index (χ0n) is 21.4. The molecule has 5 heteroatoms. The lowest BCUT2D eigenvalue weighted by Gasteiger charge is -2.23. The first-order valence-electron chi connectivity index (χ1n) is 12.5. The van der Waals surface area contributed by atoms with E-state index in [4.69, 9.17) is 9.47 Å². The normalized spacial score (nSPS) is 17.5. The first-order chi connectivity index (χ1) is 16.4. The predicted octanol–water partition coefficient (Wildman–Crippen LogP) is 7.19. The maximum absolute atomic E-state index is 11.2. The van der Waals surface area contributed by atoms with Gasteiger partial charge in [-0.1, -0.05) is 34.9 Å². The Balaban J connectivity index is 1.74. The summed E-state index contributed by atoms with van der Waals surface area (Å²) in [4.78, 5) is 11.2. The van der Waals surface area contributed by atoms with E-state index < -0.39 is 0 Å². The lowest BCUT2D eigenvalue weighted by Crippen LogP contribution is -2.24. The summed E-state index contributed by atoms with van der Waals surface area (Å²) >= 11 is 0. The van der Waals surface area contributed by atoms with Gasteiger partial charge in [-0.25, -0.2) is 0 Å². The Bertz CT molecular complexity index is 859. The Morgan fingerprint density at radius 2 is 1.68 bits per heavy atom. The summed E-state index contributed by atoms with van der Waals surface area (Å²) in [5.74, 6) is 0.892. The van der Waals surface area contributed by atoms with Crippen LogP contribution in [0.25, 0.3) is 0 Å². The molecule has 1 heterocycles. The van der Waals surface area contributed by atoms with Gasteiger partial charge in [-0.15, -0.1) is 0 Å². The van der Waals surface area contributed by atoms with Gasteiger partial charge < -0.3 is 19.3 Å². The maximum atomic E-state index is 11.2. The number of hydrogen-bond donors (Lipinski definition) is 1. The van der Waals surface area contributed by atoms with Crippen LogP contribution in [0.2, 0.25) is 0 Å². The molecule has 0 spiro atoms. The minimum Gasteiger partial charge on any atom is -0.508 e. The van der Waals surface area contributed by atoms with Gasteiger partial charge in [0.1, 0.15) is 11.5 Å².